The first-order valence-corrected chi connectivity index (χ1v) is 6.16. The third-order valence-corrected chi connectivity index (χ3v) is 3.87. The molecule has 1 unspecified atom stereocenters. The Hall–Kier alpha value is -0.120. The van der Waals surface area contributed by atoms with Crippen LogP contribution in [-0.2, 0) is 4.74 Å². The molecule has 0 amide bonds. The van der Waals surface area contributed by atoms with Crippen LogP contribution < -0.4 is 5.73 Å². The van der Waals surface area contributed by atoms with Gasteiger partial charge < -0.3 is 10.5 Å². The SMILES string of the molecule is COCCN(CC1(N)CC1)C(C)C1CC1. The van der Waals surface area contributed by atoms with Crippen LogP contribution in [0.3, 0.4) is 0 Å². The van der Waals surface area contributed by atoms with Crippen molar-refractivity contribution in [2.45, 2.75) is 44.2 Å². The minimum atomic E-state index is 0.136. The van der Waals surface area contributed by atoms with Crippen LogP contribution in [0.2, 0.25) is 0 Å². The molecule has 0 bridgehead atoms. The molecule has 88 valence electrons. The summed E-state index contributed by atoms with van der Waals surface area (Å²) >= 11 is 0. The number of hydrogen-bond acceptors (Lipinski definition) is 3. The molecule has 3 nitrogen and oxygen atoms in total. The average Bonchev–Trinajstić information content (AvgIpc) is 3.07. The first kappa shape index (κ1) is 11.4. The van der Waals surface area contributed by atoms with Crippen molar-refractivity contribution in [3.63, 3.8) is 0 Å². The summed E-state index contributed by atoms with van der Waals surface area (Å²) < 4.78 is 5.18. The fourth-order valence-electron chi connectivity index (χ4n) is 2.24. The lowest BCUT2D eigenvalue weighted by atomic mass is 10.1. The molecule has 2 fully saturated rings. The summed E-state index contributed by atoms with van der Waals surface area (Å²) in [5.41, 5.74) is 6.33. The second-order valence-corrected chi connectivity index (χ2v) is 5.40. The van der Waals surface area contributed by atoms with Crippen molar-refractivity contribution in [1.29, 1.82) is 0 Å². The van der Waals surface area contributed by atoms with Crippen molar-refractivity contribution in [2.24, 2.45) is 11.7 Å². The van der Waals surface area contributed by atoms with Crippen molar-refractivity contribution in [3.8, 4) is 0 Å². The molecule has 2 aliphatic carbocycles. The number of methoxy groups -OCH3 is 1. The first-order chi connectivity index (χ1) is 7.14. The van der Waals surface area contributed by atoms with E-state index in [-0.39, 0.29) is 5.54 Å². The molecule has 1 atom stereocenters. The molecule has 0 saturated heterocycles. The zero-order valence-electron chi connectivity index (χ0n) is 10.0. The van der Waals surface area contributed by atoms with E-state index in [0.717, 1.165) is 25.6 Å². The van der Waals surface area contributed by atoms with Gasteiger partial charge >= 0.3 is 0 Å². The van der Waals surface area contributed by atoms with Crippen LogP contribution in [0.15, 0.2) is 0 Å². The van der Waals surface area contributed by atoms with E-state index in [4.69, 9.17) is 10.5 Å². The van der Waals surface area contributed by atoms with Gasteiger partial charge in [-0.05, 0) is 38.5 Å². The van der Waals surface area contributed by atoms with Crippen molar-refractivity contribution in [3.05, 3.63) is 0 Å². The van der Waals surface area contributed by atoms with E-state index in [1.54, 1.807) is 7.11 Å². The van der Waals surface area contributed by atoms with Crippen molar-refractivity contribution < 1.29 is 4.74 Å². The molecule has 2 saturated carbocycles. The molecule has 15 heavy (non-hydrogen) atoms. The summed E-state index contributed by atoms with van der Waals surface area (Å²) in [6, 6.07) is 0.696. The van der Waals surface area contributed by atoms with Crippen molar-refractivity contribution >= 4 is 0 Å². The van der Waals surface area contributed by atoms with Gasteiger partial charge in [-0.1, -0.05) is 0 Å². The quantitative estimate of drug-likeness (QED) is 0.689. The van der Waals surface area contributed by atoms with Crippen molar-refractivity contribution in [1.82, 2.24) is 4.90 Å². The summed E-state index contributed by atoms with van der Waals surface area (Å²) in [5.74, 6) is 0.921. The average molecular weight is 212 g/mol. The van der Waals surface area contributed by atoms with Gasteiger partial charge in [0.2, 0.25) is 0 Å². The van der Waals surface area contributed by atoms with Crippen LogP contribution in [-0.4, -0.2) is 43.3 Å². The summed E-state index contributed by atoms with van der Waals surface area (Å²) in [4.78, 5) is 2.54. The Labute approximate surface area is 93.0 Å². The van der Waals surface area contributed by atoms with Gasteiger partial charge in [0.1, 0.15) is 0 Å². The number of ether oxygens (including phenoxy) is 1. The predicted molar refractivity (Wildman–Crippen MR) is 61.8 cm³/mol. The smallest absolute Gasteiger partial charge is 0.0589 e. The Balaban J connectivity index is 1.83. The monoisotopic (exact) mass is 212 g/mol. The molecule has 0 aromatic carbocycles. The maximum absolute atomic E-state index is 6.20. The van der Waals surface area contributed by atoms with Gasteiger partial charge in [-0.15, -0.1) is 0 Å². The van der Waals surface area contributed by atoms with Crippen molar-refractivity contribution in [2.75, 3.05) is 26.8 Å². The minimum Gasteiger partial charge on any atom is -0.383 e. The lowest BCUT2D eigenvalue weighted by Gasteiger charge is -2.31. The van der Waals surface area contributed by atoms with Crippen LogP contribution >= 0.6 is 0 Å². The van der Waals surface area contributed by atoms with Crippen LogP contribution in [0.25, 0.3) is 0 Å². The van der Waals surface area contributed by atoms with E-state index < -0.39 is 0 Å². The fraction of sp³-hybridized carbons (Fsp3) is 1.00. The van der Waals surface area contributed by atoms with E-state index in [1.165, 1.54) is 25.7 Å². The predicted octanol–water partition coefficient (Wildman–Crippen LogP) is 1.22. The molecular formula is C12H24N2O. The Morgan fingerprint density at radius 3 is 2.60 bits per heavy atom. The van der Waals surface area contributed by atoms with Gasteiger partial charge in [0.15, 0.2) is 0 Å². The lowest BCUT2D eigenvalue weighted by molar-refractivity contribution is 0.109. The molecule has 0 heterocycles. The number of nitrogens with two attached hydrogens (primary N) is 1. The summed E-state index contributed by atoms with van der Waals surface area (Å²) in [6.07, 6.45) is 5.21. The zero-order chi connectivity index (χ0) is 10.9. The standard InChI is InChI=1S/C12H24N2O/c1-10(11-3-4-11)14(7-8-15-2)9-12(13)5-6-12/h10-11H,3-9,13H2,1-2H3. The molecule has 0 spiro atoms. The number of rotatable bonds is 7. The fourth-order valence-corrected chi connectivity index (χ4v) is 2.24. The topological polar surface area (TPSA) is 38.5 Å². The minimum absolute atomic E-state index is 0.136. The molecule has 0 aliphatic heterocycles. The Morgan fingerprint density at radius 2 is 2.13 bits per heavy atom. The molecule has 2 rings (SSSR count). The van der Waals surface area contributed by atoms with E-state index in [0.29, 0.717) is 6.04 Å². The maximum Gasteiger partial charge on any atom is 0.0589 e. The lowest BCUT2D eigenvalue weighted by Crippen LogP contribution is -2.46. The van der Waals surface area contributed by atoms with Gasteiger partial charge in [0.25, 0.3) is 0 Å². The highest BCUT2D eigenvalue weighted by atomic mass is 16.5. The molecule has 0 radical (unpaired) electrons. The highest BCUT2D eigenvalue weighted by Crippen LogP contribution is 2.38. The molecular weight excluding hydrogens is 188 g/mol. The number of hydrogen-bond donors (Lipinski definition) is 1. The largest absolute Gasteiger partial charge is 0.383 e. The van der Waals surface area contributed by atoms with Crippen LogP contribution in [0.4, 0.5) is 0 Å². The maximum atomic E-state index is 6.20. The van der Waals surface area contributed by atoms with Gasteiger partial charge in [-0.25, -0.2) is 0 Å². The second kappa shape index (κ2) is 4.40. The van der Waals surface area contributed by atoms with Crippen LogP contribution in [0.1, 0.15) is 32.6 Å². The summed E-state index contributed by atoms with van der Waals surface area (Å²) in [5, 5.41) is 0. The summed E-state index contributed by atoms with van der Waals surface area (Å²) in [7, 11) is 1.77. The molecule has 0 aromatic heterocycles. The molecule has 3 heteroatoms. The first-order valence-electron chi connectivity index (χ1n) is 6.16. The van der Waals surface area contributed by atoms with E-state index in [2.05, 4.69) is 11.8 Å². The van der Waals surface area contributed by atoms with Crippen LogP contribution in [0.5, 0.6) is 0 Å². The Kier molecular flexibility index (Phi) is 3.33. The number of nitrogens with zero attached hydrogens (tertiary/aromatic N) is 1. The molecule has 2 N–H and O–H groups in total. The summed E-state index contributed by atoms with van der Waals surface area (Å²) in [6.45, 7) is 5.27. The Morgan fingerprint density at radius 1 is 1.47 bits per heavy atom. The molecule has 2 aliphatic rings. The van der Waals surface area contributed by atoms with E-state index in [1.807, 2.05) is 0 Å². The van der Waals surface area contributed by atoms with Gasteiger partial charge in [0.05, 0.1) is 6.61 Å². The van der Waals surface area contributed by atoms with E-state index in [9.17, 15) is 0 Å². The third-order valence-electron chi connectivity index (χ3n) is 3.87. The van der Waals surface area contributed by atoms with Gasteiger partial charge in [-0.2, -0.15) is 0 Å². The highest BCUT2D eigenvalue weighted by molar-refractivity contribution is 5.02. The zero-order valence-corrected chi connectivity index (χ0v) is 10.0. The second-order valence-electron chi connectivity index (χ2n) is 5.40. The van der Waals surface area contributed by atoms with Crippen LogP contribution in [0, 0.1) is 5.92 Å². The Bertz CT molecular complexity index is 212. The normalized spacial score (nSPS) is 25.6. The highest BCUT2D eigenvalue weighted by Gasteiger charge is 2.42. The van der Waals surface area contributed by atoms with Gasteiger partial charge in [-0.3, -0.25) is 4.90 Å². The van der Waals surface area contributed by atoms with E-state index >= 15 is 0 Å². The third kappa shape index (κ3) is 3.16. The molecule has 0 aromatic rings. The van der Waals surface area contributed by atoms with Gasteiger partial charge in [0, 0.05) is 31.8 Å².